The lowest BCUT2D eigenvalue weighted by molar-refractivity contribution is -0.116. The van der Waals surface area contributed by atoms with Gasteiger partial charge in [0.25, 0.3) is 0 Å². The van der Waals surface area contributed by atoms with Gasteiger partial charge in [0.05, 0.1) is 11.3 Å². The summed E-state index contributed by atoms with van der Waals surface area (Å²) in [6.45, 7) is 7.73. The lowest BCUT2D eigenvalue weighted by atomic mass is 9.83. The molecule has 1 aromatic carbocycles. The Hall–Kier alpha value is -1.72. The molecular formula is C21H26ClNO3S. The molecule has 1 N–H and O–H groups in total. The van der Waals surface area contributed by atoms with Crippen molar-refractivity contribution in [3.63, 3.8) is 0 Å². The first kappa shape index (κ1) is 21.6. The third kappa shape index (κ3) is 5.88. The molecule has 0 saturated heterocycles. The Labute approximate surface area is 170 Å². The van der Waals surface area contributed by atoms with Gasteiger partial charge in [0.15, 0.2) is 5.78 Å². The number of hydrogen-bond donors (Lipinski definition) is 1. The molecule has 0 amide bonds. The summed E-state index contributed by atoms with van der Waals surface area (Å²) in [4.78, 5) is 18.8. The van der Waals surface area contributed by atoms with Gasteiger partial charge in [0, 0.05) is 22.8 Å². The lowest BCUT2D eigenvalue weighted by Gasteiger charge is -2.23. The van der Waals surface area contributed by atoms with Crippen LogP contribution in [0.4, 0.5) is 0 Å². The first-order valence-corrected chi connectivity index (χ1v) is 10.5. The summed E-state index contributed by atoms with van der Waals surface area (Å²) in [5, 5.41) is 15.2. The number of rotatable bonds is 9. The van der Waals surface area contributed by atoms with Crippen LogP contribution in [0.15, 0.2) is 52.2 Å². The van der Waals surface area contributed by atoms with Gasteiger partial charge in [0.1, 0.15) is 12.4 Å². The monoisotopic (exact) mass is 407 g/mol. The summed E-state index contributed by atoms with van der Waals surface area (Å²) in [7, 11) is 0. The normalized spacial score (nSPS) is 18.0. The minimum atomic E-state index is -0.0597. The van der Waals surface area contributed by atoms with Gasteiger partial charge in [-0.2, -0.15) is 0 Å². The molecule has 0 spiro atoms. The average molecular weight is 408 g/mol. The Bertz CT molecular complexity index is 758. The number of Topliss-reactive ketones (excluding diaryl/α,β-unsaturated/α-hetero) is 1. The van der Waals surface area contributed by atoms with Crippen LogP contribution in [0.5, 0.6) is 0 Å². The van der Waals surface area contributed by atoms with Crippen LogP contribution in [0.25, 0.3) is 0 Å². The minimum absolute atomic E-state index is 0.0597. The molecule has 0 radical (unpaired) electrons. The lowest BCUT2D eigenvalue weighted by Crippen LogP contribution is -2.25. The number of aliphatic hydroxyl groups excluding tert-OH is 1. The van der Waals surface area contributed by atoms with Crippen LogP contribution >= 0.6 is 23.4 Å². The second kappa shape index (κ2) is 10.6. The summed E-state index contributed by atoms with van der Waals surface area (Å²) in [5.74, 6) is 1.08. The highest BCUT2D eigenvalue weighted by Gasteiger charge is 2.30. The Morgan fingerprint density at radius 1 is 1.48 bits per heavy atom. The van der Waals surface area contributed by atoms with E-state index >= 15 is 0 Å². The Morgan fingerprint density at radius 3 is 2.93 bits per heavy atom. The van der Waals surface area contributed by atoms with Crippen molar-refractivity contribution in [2.45, 2.75) is 44.4 Å². The number of nitrogens with zero attached hydrogens (tertiary/aromatic N) is 1. The largest absolute Gasteiger partial charge is 0.511 e. The molecule has 6 heteroatoms. The molecule has 1 unspecified atom stereocenters. The molecule has 0 heterocycles. The van der Waals surface area contributed by atoms with Crippen LogP contribution in [0, 0.1) is 12.8 Å². The molecule has 1 aliphatic carbocycles. The van der Waals surface area contributed by atoms with Gasteiger partial charge >= 0.3 is 0 Å². The third-order valence-electron chi connectivity index (χ3n) is 4.52. The first-order chi connectivity index (χ1) is 13.0. The Morgan fingerprint density at radius 2 is 2.26 bits per heavy atom. The predicted molar refractivity (Wildman–Crippen MR) is 113 cm³/mol. The molecule has 0 aromatic heterocycles. The number of benzene rings is 1. The molecule has 27 heavy (non-hydrogen) atoms. The standard InChI is InChI=1S/C21H26ClNO3S/c1-4-10-26-23-17(5-2)21-18(24)12-15(13-19(21)25)9-11-27-20-8-6-7-16(22)14(20)3/h4,6-8,15,24H,1,5,9-13H2,2-3H3. The molecule has 0 aliphatic heterocycles. The zero-order valence-electron chi connectivity index (χ0n) is 15.8. The molecule has 1 atom stereocenters. The second-order valence-corrected chi connectivity index (χ2v) is 8.04. The quantitative estimate of drug-likeness (QED) is 0.182. The van der Waals surface area contributed by atoms with Gasteiger partial charge in [-0.15, -0.1) is 11.8 Å². The van der Waals surface area contributed by atoms with Crippen molar-refractivity contribution in [3.05, 3.63) is 52.8 Å². The Kier molecular flexibility index (Phi) is 8.45. The van der Waals surface area contributed by atoms with Crippen molar-refractivity contribution in [3.8, 4) is 0 Å². The fourth-order valence-corrected chi connectivity index (χ4v) is 4.44. The SMILES string of the molecule is C=CCON=C(CC)C1=C(O)CC(CCSc2cccc(Cl)c2C)CC1=O. The summed E-state index contributed by atoms with van der Waals surface area (Å²) in [6.07, 6.45) is 3.89. The van der Waals surface area contributed by atoms with Crippen LogP contribution in [0.3, 0.4) is 0 Å². The predicted octanol–water partition coefficient (Wildman–Crippen LogP) is 5.89. The maximum Gasteiger partial charge on any atom is 0.168 e. The van der Waals surface area contributed by atoms with Crippen molar-refractivity contribution in [2.24, 2.45) is 11.1 Å². The highest BCUT2D eigenvalue weighted by Crippen LogP contribution is 2.33. The topological polar surface area (TPSA) is 58.9 Å². The van der Waals surface area contributed by atoms with E-state index in [1.165, 1.54) is 0 Å². The zero-order valence-corrected chi connectivity index (χ0v) is 17.4. The fraction of sp³-hybridized carbons (Fsp3) is 0.429. The fourth-order valence-electron chi connectivity index (χ4n) is 3.04. The van der Waals surface area contributed by atoms with Crippen molar-refractivity contribution in [2.75, 3.05) is 12.4 Å². The smallest absolute Gasteiger partial charge is 0.168 e. The van der Waals surface area contributed by atoms with E-state index < -0.39 is 0 Å². The minimum Gasteiger partial charge on any atom is -0.511 e. The molecule has 1 aliphatic rings. The van der Waals surface area contributed by atoms with E-state index in [0.717, 1.165) is 27.7 Å². The number of carbonyl (C=O) groups is 1. The average Bonchev–Trinajstić information content (AvgIpc) is 2.63. The summed E-state index contributed by atoms with van der Waals surface area (Å²) < 4.78 is 0. The van der Waals surface area contributed by atoms with E-state index in [-0.39, 0.29) is 24.1 Å². The highest BCUT2D eigenvalue weighted by atomic mass is 35.5. The zero-order chi connectivity index (χ0) is 19.8. The molecule has 0 bridgehead atoms. The van der Waals surface area contributed by atoms with Crippen LogP contribution < -0.4 is 0 Å². The third-order valence-corrected chi connectivity index (χ3v) is 6.12. The molecule has 1 aromatic rings. The van der Waals surface area contributed by atoms with E-state index in [2.05, 4.69) is 17.8 Å². The number of halogens is 1. The highest BCUT2D eigenvalue weighted by molar-refractivity contribution is 7.99. The first-order valence-electron chi connectivity index (χ1n) is 9.11. The van der Waals surface area contributed by atoms with E-state index in [1.807, 2.05) is 26.0 Å². The van der Waals surface area contributed by atoms with Crippen molar-refractivity contribution >= 4 is 34.9 Å². The van der Waals surface area contributed by atoms with Gasteiger partial charge in [-0.1, -0.05) is 42.4 Å². The Balaban J connectivity index is 1.98. The molecular weight excluding hydrogens is 382 g/mol. The number of aliphatic hydroxyl groups is 1. The van der Waals surface area contributed by atoms with Gasteiger partial charge in [-0.25, -0.2) is 0 Å². The second-order valence-electron chi connectivity index (χ2n) is 6.50. The summed E-state index contributed by atoms with van der Waals surface area (Å²) in [6, 6.07) is 5.89. The van der Waals surface area contributed by atoms with E-state index in [0.29, 0.717) is 30.5 Å². The maximum atomic E-state index is 12.6. The van der Waals surface area contributed by atoms with Crippen LogP contribution in [0.1, 0.15) is 38.2 Å². The van der Waals surface area contributed by atoms with E-state index in [9.17, 15) is 9.90 Å². The number of hydrogen-bond acceptors (Lipinski definition) is 5. The van der Waals surface area contributed by atoms with Crippen LogP contribution in [-0.2, 0) is 9.63 Å². The number of oxime groups is 1. The van der Waals surface area contributed by atoms with E-state index in [4.69, 9.17) is 16.4 Å². The maximum absolute atomic E-state index is 12.6. The molecule has 146 valence electrons. The van der Waals surface area contributed by atoms with Crippen molar-refractivity contribution in [1.82, 2.24) is 0 Å². The molecule has 2 rings (SSSR count). The van der Waals surface area contributed by atoms with Crippen LogP contribution in [-0.4, -0.2) is 29.0 Å². The number of thioether (sulfide) groups is 1. The van der Waals surface area contributed by atoms with Gasteiger partial charge in [0.2, 0.25) is 0 Å². The van der Waals surface area contributed by atoms with Crippen LogP contribution in [0.2, 0.25) is 5.02 Å². The van der Waals surface area contributed by atoms with Crippen molar-refractivity contribution < 1.29 is 14.7 Å². The van der Waals surface area contributed by atoms with Crippen molar-refractivity contribution in [1.29, 1.82) is 0 Å². The number of carbonyl (C=O) groups excluding carboxylic acids is 1. The van der Waals surface area contributed by atoms with Gasteiger partial charge < -0.3 is 9.94 Å². The van der Waals surface area contributed by atoms with E-state index in [1.54, 1.807) is 17.8 Å². The number of ketones is 1. The van der Waals surface area contributed by atoms with Gasteiger partial charge in [-0.3, -0.25) is 4.79 Å². The molecule has 0 saturated carbocycles. The summed E-state index contributed by atoms with van der Waals surface area (Å²) in [5.41, 5.74) is 1.91. The summed E-state index contributed by atoms with van der Waals surface area (Å²) >= 11 is 7.90. The number of allylic oxidation sites excluding steroid dienone is 2. The molecule has 4 nitrogen and oxygen atoms in total. The molecule has 0 fully saturated rings. The van der Waals surface area contributed by atoms with Gasteiger partial charge in [-0.05, 0) is 49.1 Å².